The van der Waals surface area contributed by atoms with E-state index in [0.29, 0.717) is 12.3 Å². The summed E-state index contributed by atoms with van der Waals surface area (Å²) in [5.74, 6) is 0.329. The Bertz CT molecular complexity index is 515. The van der Waals surface area contributed by atoms with Gasteiger partial charge < -0.3 is 0 Å². The molecule has 0 radical (unpaired) electrons. The SMILES string of the molecule is O=S1(=O)CCCN1C1CCCN(Cc2nccs2)C1. The summed E-state index contributed by atoms with van der Waals surface area (Å²) in [5, 5.41) is 3.10. The molecule has 5 nitrogen and oxygen atoms in total. The van der Waals surface area contributed by atoms with Crippen molar-refractivity contribution in [2.45, 2.75) is 31.8 Å². The predicted octanol–water partition coefficient (Wildman–Crippen LogP) is 1.14. The van der Waals surface area contributed by atoms with Crippen molar-refractivity contribution < 1.29 is 8.42 Å². The average molecular weight is 301 g/mol. The van der Waals surface area contributed by atoms with Crippen LogP contribution in [0.3, 0.4) is 0 Å². The van der Waals surface area contributed by atoms with Gasteiger partial charge in [-0.3, -0.25) is 4.90 Å². The molecule has 1 aromatic heterocycles. The predicted molar refractivity (Wildman–Crippen MR) is 75.5 cm³/mol. The van der Waals surface area contributed by atoms with E-state index in [0.717, 1.165) is 43.9 Å². The fourth-order valence-corrected chi connectivity index (χ4v) is 5.42. The summed E-state index contributed by atoms with van der Waals surface area (Å²) in [4.78, 5) is 6.64. The van der Waals surface area contributed by atoms with E-state index in [1.165, 1.54) is 0 Å². The topological polar surface area (TPSA) is 53.5 Å². The molecule has 19 heavy (non-hydrogen) atoms. The van der Waals surface area contributed by atoms with Crippen molar-refractivity contribution >= 4 is 21.4 Å². The fraction of sp³-hybridized carbons (Fsp3) is 0.750. The van der Waals surface area contributed by atoms with Crippen LogP contribution in [0.5, 0.6) is 0 Å². The number of hydrogen-bond acceptors (Lipinski definition) is 5. The smallest absolute Gasteiger partial charge is 0.214 e. The first-order valence-corrected chi connectivity index (χ1v) is 9.24. The van der Waals surface area contributed by atoms with Crippen molar-refractivity contribution in [3.05, 3.63) is 16.6 Å². The summed E-state index contributed by atoms with van der Waals surface area (Å²) >= 11 is 1.67. The Balaban J connectivity index is 1.65. The number of rotatable bonds is 3. The highest BCUT2D eigenvalue weighted by Gasteiger charge is 2.36. The maximum absolute atomic E-state index is 12.0. The van der Waals surface area contributed by atoms with Crippen molar-refractivity contribution in [3.8, 4) is 0 Å². The summed E-state index contributed by atoms with van der Waals surface area (Å²) in [5.41, 5.74) is 0. The van der Waals surface area contributed by atoms with Crippen LogP contribution in [0.2, 0.25) is 0 Å². The molecular formula is C12H19N3O2S2. The summed E-state index contributed by atoms with van der Waals surface area (Å²) < 4.78 is 25.7. The van der Waals surface area contributed by atoms with Crippen LogP contribution in [0.15, 0.2) is 11.6 Å². The van der Waals surface area contributed by atoms with Crippen LogP contribution < -0.4 is 0 Å². The zero-order valence-corrected chi connectivity index (χ0v) is 12.5. The van der Waals surface area contributed by atoms with Gasteiger partial charge in [-0.05, 0) is 25.8 Å². The maximum Gasteiger partial charge on any atom is 0.214 e. The third kappa shape index (κ3) is 2.99. The lowest BCUT2D eigenvalue weighted by atomic mass is 10.1. The fourth-order valence-electron chi connectivity index (χ4n) is 3.00. The maximum atomic E-state index is 12.0. The van der Waals surface area contributed by atoms with Gasteiger partial charge in [0.15, 0.2) is 0 Å². The third-order valence-electron chi connectivity index (χ3n) is 3.87. The van der Waals surface area contributed by atoms with Crippen molar-refractivity contribution in [1.82, 2.24) is 14.2 Å². The van der Waals surface area contributed by atoms with Crippen LogP contribution in [0.1, 0.15) is 24.3 Å². The van der Waals surface area contributed by atoms with Crippen molar-refractivity contribution in [3.63, 3.8) is 0 Å². The van der Waals surface area contributed by atoms with Crippen molar-refractivity contribution in [2.24, 2.45) is 0 Å². The highest BCUT2D eigenvalue weighted by atomic mass is 32.2. The van der Waals surface area contributed by atoms with Crippen LogP contribution in [0, 0.1) is 0 Å². The van der Waals surface area contributed by atoms with E-state index in [1.54, 1.807) is 15.6 Å². The number of nitrogens with zero attached hydrogens (tertiary/aromatic N) is 3. The Morgan fingerprint density at radius 2 is 2.26 bits per heavy atom. The Morgan fingerprint density at radius 3 is 2.95 bits per heavy atom. The summed E-state index contributed by atoms with van der Waals surface area (Å²) in [6.45, 7) is 3.45. The highest BCUT2D eigenvalue weighted by Crippen LogP contribution is 2.24. The first kappa shape index (κ1) is 13.5. The Labute approximate surface area is 118 Å². The summed E-state index contributed by atoms with van der Waals surface area (Å²) in [6, 6.07) is 0.168. The molecule has 1 unspecified atom stereocenters. The minimum Gasteiger partial charge on any atom is -0.295 e. The van der Waals surface area contributed by atoms with E-state index in [9.17, 15) is 8.42 Å². The molecule has 7 heteroatoms. The van der Waals surface area contributed by atoms with E-state index >= 15 is 0 Å². The molecule has 0 spiro atoms. The van der Waals surface area contributed by atoms with E-state index in [4.69, 9.17) is 0 Å². The Morgan fingerprint density at radius 1 is 1.37 bits per heavy atom. The molecule has 3 heterocycles. The van der Waals surface area contributed by atoms with E-state index in [2.05, 4.69) is 9.88 Å². The number of sulfonamides is 1. The standard InChI is InChI=1S/C12H19N3O2S2/c16-19(17)8-2-6-15(19)11-3-1-5-14(9-11)10-12-13-4-7-18-12/h4,7,11H,1-3,5-6,8-10H2. The van der Waals surface area contributed by atoms with Crippen molar-refractivity contribution in [1.29, 1.82) is 0 Å². The zero-order valence-electron chi connectivity index (χ0n) is 10.9. The molecule has 1 atom stereocenters. The molecule has 1 aromatic rings. The van der Waals surface area contributed by atoms with Gasteiger partial charge in [0.1, 0.15) is 5.01 Å². The normalized spacial score (nSPS) is 28.7. The van der Waals surface area contributed by atoms with Crippen LogP contribution in [-0.4, -0.2) is 54.0 Å². The first-order chi connectivity index (χ1) is 9.15. The lowest BCUT2D eigenvalue weighted by molar-refractivity contribution is 0.146. The summed E-state index contributed by atoms with van der Waals surface area (Å²) in [6.07, 6.45) is 4.67. The zero-order chi connectivity index (χ0) is 13.3. The minimum absolute atomic E-state index is 0.168. The second-order valence-corrected chi connectivity index (χ2v) is 8.26. The molecule has 0 N–H and O–H groups in total. The molecule has 0 aliphatic carbocycles. The number of thiazole rings is 1. The third-order valence-corrected chi connectivity index (χ3v) is 6.63. The van der Waals surface area contributed by atoms with E-state index < -0.39 is 10.0 Å². The minimum atomic E-state index is -2.98. The number of piperidine rings is 1. The molecule has 106 valence electrons. The largest absolute Gasteiger partial charge is 0.295 e. The molecule has 2 aliphatic heterocycles. The van der Waals surface area contributed by atoms with E-state index in [1.807, 2.05) is 11.6 Å². The van der Waals surface area contributed by atoms with Crippen LogP contribution in [0.4, 0.5) is 0 Å². The highest BCUT2D eigenvalue weighted by molar-refractivity contribution is 7.89. The Hall–Kier alpha value is -0.500. The molecule has 0 saturated carbocycles. The van der Waals surface area contributed by atoms with Gasteiger partial charge in [0, 0.05) is 30.7 Å². The van der Waals surface area contributed by atoms with Gasteiger partial charge in [-0.15, -0.1) is 11.3 Å². The van der Waals surface area contributed by atoms with Gasteiger partial charge in [-0.1, -0.05) is 0 Å². The lowest BCUT2D eigenvalue weighted by Crippen LogP contribution is -2.48. The molecule has 2 saturated heterocycles. The van der Waals surface area contributed by atoms with E-state index in [-0.39, 0.29) is 6.04 Å². The lowest BCUT2D eigenvalue weighted by Gasteiger charge is -2.36. The van der Waals surface area contributed by atoms with Gasteiger partial charge in [-0.2, -0.15) is 4.31 Å². The van der Waals surface area contributed by atoms with Gasteiger partial charge in [0.25, 0.3) is 0 Å². The monoisotopic (exact) mass is 301 g/mol. The molecule has 0 aromatic carbocycles. The van der Waals surface area contributed by atoms with Gasteiger partial charge in [-0.25, -0.2) is 13.4 Å². The second kappa shape index (κ2) is 5.47. The Kier molecular flexibility index (Phi) is 3.88. The van der Waals surface area contributed by atoms with Gasteiger partial charge in [0.2, 0.25) is 10.0 Å². The molecule has 0 amide bonds. The molecule has 2 fully saturated rings. The van der Waals surface area contributed by atoms with Crippen LogP contribution in [0.25, 0.3) is 0 Å². The quantitative estimate of drug-likeness (QED) is 0.840. The second-order valence-electron chi connectivity index (χ2n) is 5.24. The number of hydrogen-bond donors (Lipinski definition) is 0. The average Bonchev–Trinajstić information content (AvgIpc) is 2.98. The van der Waals surface area contributed by atoms with Crippen molar-refractivity contribution in [2.75, 3.05) is 25.4 Å². The number of aromatic nitrogens is 1. The summed E-state index contributed by atoms with van der Waals surface area (Å²) in [7, 11) is -2.98. The van der Waals surface area contributed by atoms with Crippen LogP contribution >= 0.6 is 11.3 Å². The molecular weight excluding hydrogens is 282 g/mol. The molecule has 2 aliphatic rings. The van der Waals surface area contributed by atoms with Crippen LogP contribution in [-0.2, 0) is 16.6 Å². The van der Waals surface area contributed by atoms with Gasteiger partial charge >= 0.3 is 0 Å². The van der Waals surface area contributed by atoms with Gasteiger partial charge in [0.05, 0.1) is 12.3 Å². The molecule has 3 rings (SSSR count). The molecule has 0 bridgehead atoms. The number of likely N-dealkylation sites (tertiary alicyclic amines) is 1. The first-order valence-electron chi connectivity index (χ1n) is 6.75.